The number of aromatic nitrogens is 5. The summed E-state index contributed by atoms with van der Waals surface area (Å²) in [6.07, 6.45) is 0. The number of nitrogens with zero attached hydrogens (tertiary/aromatic N) is 5. The Morgan fingerprint density at radius 1 is 0.349 bits per heavy atom. The standard InChI is InChI=1S/C57H33N5O/c1-2-18-36-33-49-45(32-35(36)17-1)40-23-9-11-28-46(40)61(49)53-52(42-25-6-5-24-41(42)51-44-26-10-14-31-50(44)63-54(51)53)56-58-55(43-27-15-19-34-16-3-4-20-37(34)43)59-57(60-56)62-47-29-12-7-21-38(47)39-22-8-13-30-48(39)62/h1-33H. The molecule has 0 atom stereocenters. The van der Waals surface area contributed by atoms with Gasteiger partial charge in [-0.1, -0.05) is 164 Å². The van der Waals surface area contributed by atoms with Gasteiger partial charge in [-0.2, -0.15) is 9.97 Å². The van der Waals surface area contributed by atoms with Crippen LogP contribution in [0.15, 0.2) is 205 Å². The van der Waals surface area contributed by atoms with Gasteiger partial charge in [-0.15, -0.1) is 0 Å². The first-order valence-corrected chi connectivity index (χ1v) is 21.3. The third-order valence-electron chi connectivity index (χ3n) is 12.9. The lowest BCUT2D eigenvalue weighted by atomic mass is 9.96. The largest absolute Gasteiger partial charge is 0.454 e. The van der Waals surface area contributed by atoms with Crippen molar-refractivity contribution in [1.29, 1.82) is 0 Å². The van der Waals surface area contributed by atoms with Gasteiger partial charge >= 0.3 is 0 Å². The summed E-state index contributed by atoms with van der Waals surface area (Å²) >= 11 is 0. The third-order valence-corrected chi connectivity index (χ3v) is 12.9. The minimum absolute atomic E-state index is 0.535. The fourth-order valence-corrected chi connectivity index (χ4v) is 10.2. The van der Waals surface area contributed by atoms with E-state index in [2.05, 4.69) is 203 Å². The number of para-hydroxylation sites is 4. The first-order valence-electron chi connectivity index (χ1n) is 21.3. The van der Waals surface area contributed by atoms with Crippen LogP contribution in [0.2, 0.25) is 0 Å². The Bertz CT molecular complexity index is 4170. The maximum atomic E-state index is 7.16. The number of fused-ring (bicyclic) bond motifs is 13. The lowest BCUT2D eigenvalue weighted by Crippen LogP contribution is -2.08. The first kappa shape index (κ1) is 34.1. The molecule has 4 heterocycles. The van der Waals surface area contributed by atoms with E-state index < -0.39 is 0 Å². The highest BCUT2D eigenvalue weighted by Gasteiger charge is 2.28. The zero-order chi connectivity index (χ0) is 41.2. The van der Waals surface area contributed by atoms with Crippen molar-refractivity contribution < 1.29 is 4.42 Å². The number of rotatable bonds is 4. The molecule has 0 spiro atoms. The van der Waals surface area contributed by atoms with Crippen LogP contribution in [0.3, 0.4) is 0 Å². The van der Waals surface area contributed by atoms with Crippen molar-refractivity contribution in [2.45, 2.75) is 0 Å². The second-order valence-electron chi connectivity index (χ2n) is 16.3. The third kappa shape index (κ3) is 4.86. The SMILES string of the molecule is c1ccc2cc3c(cc2c1)c1ccccc1n3-c1c(-c2nc(-c3cccc4ccccc34)nc(-n3c4ccccc4c4ccccc43)n2)c2ccccc2c2c1oc1ccccc12. The maximum Gasteiger partial charge on any atom is 0.238 e. The highest BCUT2D eigenvalue weighted by Crippen LogP contribution is 2.48. The molecule has 6 nitrogen and oxygen atoms in total. The molecule has 6 heteroatoms. The molecule has 0 unspecified atom stereocenters. The molecule has 4 aromatic heterocycles. The van der Waals surface area contributed by atoms with E-state index in [4.69, 9.17) is 19.4 Å². The van der Waals surface area contributed by atoms with Crippen LogP contribution >= 0.6 is 0 Å². The molecule has 0 aliphatic heterocycles. The molecule has 0 bridgehead atoms. The van der Waals surface area contributed by atoms with E-state index in [-0.39, 0.29) is 0 Å². The predicted molar refractivity (Wildman–Crippen MR) is 259 cm³/mol. The molecule has 14 rings (SSSR count). The highest BCUT2D eigenvalue weighted by atomic mass is 16.3. The Labute approximate surface area is 359 Å². The summed E-state index contributed by atoms with van der Waals surface area (Å²) in [4.78, 5) is 16.7. The van der Waals surface area contributed by atoms with Crippen molar-refractivity contribution in [3.8, 4) is 34.4 Å². The van der Waals surface area contributed by atoms with Crippen LogP contribution in [0.25, 0.3) is 132 Å². The van der Waals surface area contributed by atoms with Gasteiger partial charge in [-0.25, -0.2) is 4.98 Å². The minimum atomic E-state index is 0.535. The maximum absolute atomic E-state index is 7.16. The zero-order valence-electron chi connectivity index (χ0n) is 33.7. The lowest BCUT2D eigenvalue weighted by molar-refractivity contribution is 0.667. The van der Waals surface area contributed by atoms with E-state index in [1.54, 1.807) is 0 Å². The predicted octanol–water partition coefficient (Wildman–Crippen LogP) is 14.8. The Morgan fingerprint density at radius 2 is 0.873 bits per heavy atom. The molecule has 63 heavy (non-hydrogen) atoms. The van der Waals surface area contributed by atoms with Crippen molar-refractivity contribution in [2.75, 3.05) is 0 Å². The summed E-state index contributed by atoms with van der Waals surface area (Å²) in [5.41, 5.74) is 8.43. The van der Waals surface area contributed by atoms with Gasteiger partial charge in [0.15, 0.2) is 17.2 Å². The van der Waals surface area contributed by atoms with Crippen LogP contribution < -0.4 is 0 Å². The van der Waals surface area contributed by atoms with E-state index in [0.29, 0.717) is 17.6 Å². The van der Waals surface area contributed by atoms with Gasteiger partial charge in [0, 0.05) is 37.9 Å². The van der Waals surface area contributed by atoms with Gasteiger partial charge in [-0.3, -0.25) is 4.57 Å². The van der Waals surface area contributed by atoms with Crippen LogP contribution in [0, 0.1) is 0 Å². The zero-order valence-corrected chi connectivity index (χ0v) is 33.7. The average molecular weight is 804 g/mol. The summed E-state index contributed by atoms with van der Waals surface area (Å²) in [7, 11) is 0. The van der Waals surface area contributed by atoms with E-state index in [1.807, 2.05) is 6.07 Å². The first-order chi connectivity index (χ1) is 31.3. The van der Waals surface area contributed by atoms with Gasteiger partial charge in [0.05, 0.1) is 27.6 Å². The Kier molecular flexibility index (Phi) is 7.02. The van der Waals surface area contributed by atoms with Crippen LogP contribution in [0.4, 0.5) is 0 Å². The molecule has 0 fully saturated rings. The Hall–Kier alpha value is -8.61. The van der Waals surface area contributed by atoms with Crippen molar-refractivity contribution in [3.05, 3.63) is 200 Å². The molecular formula is C57H33N5O. The van der Waals surface area contributed by atoms with E-state index in [1.165, 1.54) is 5.39 Å². The minimum Gasteiger partial charge on any atom is -0.454 e. The molecule has 10 aromatic carbocycles. The summed E-state index contributed by atoms with van der Waals surface area (Å²) in [6, 6.07) is 70.7. The topological polar surface area (TPSA) is 61.7 Å². The number of benzene rings is 10. The molecule has 14 aromatic rings. The normalized spacial score (nSPS) is 12.1. The molecule has 0 aliphatic carbocycles. The van der Waals surface area contributed by atoms with Gasteiger partial charge in [0.2, 0.25) is 5.95 Å². The highest BCUT2D eigenvalue weighted by molar-refractivity contribution is 6.26. The lowest BCUT2D eigenvalue weighted by Gasteiger charge is -2.18. The molecule has 292 valence electrons. The summed E-state index contributed by atoms with van der Waals surface area (Å²) in [5, 5.41) is 13.3. The summed E-state index contributed by atoms with van der Waals surface area (Å²) in [6.45, 7) is 0. The number of hydrogen-bond donors (Lipinski definition) is 0. The van der Waals surface area contributed by atoms with Crippen LogP contribution in [-0.2, 0) is 0 Å². The van der Waals surface area contributed by atoms with Crippen molar-refractivity contribution in [1.82, 2.24) is 24.1 Å². The smallest absolute Gasteiger partial charge is 0.238 e. The number of hydrogen-bond acceptors (Lipinski definition) is 4. The molecule has 0 amide bonds. The van der Waals surface area contributed by atoms with Gasteiger partial charge in [0.1, 0.15) is 11.3 Å². The molecule has 0 saturated carbocycles. The molecule has 0 radical (unpaired) electrons. The molecular weight excluding hydrogens is 771 g/mol. The van der Waals surface area contributed by atoms with E-state index >= 15 is 0 Å². The second-order valence-corrected chi connectivity index (χ2v) is 16.3. The number of furan rings is 1. The average Bonchev–Trinajstić information content (AvgIpc) is 4.00. The van der Waals surface area contributed by atoms with Crippen LogP contribution in [-0.4, -0.2) is 24.1 Å². The second kappa shape index (κ2) is 12.9. The molecule has 0 aliphatic rings. The monoisotopic (exact) mass is 803 g/mol. The van der Waals surface area contributed by atoms with E-state index in [0.717, 1.165) is 109 Å². The van der Waals surface area contributed by atoms with Gasteiger partial charge < -0.3 is 8.98 Å². The molecule has 0 saturated heterocycles. The summed E-state index contributed by atoms with van der Waals surface area (Å²) in [5.74, 6) is 1.67. The summed E-state index contributed by atoms with van der Waals surface area (Å²) < 4.78 is 11.7. The Morgan fingerprint density at radius 3 is 1.60 bits per heavy atom. The van der Waals surface area contributed by atoms with Crippen molar-refractivity contribution in [3.63, 3.8) is 0 Å². The molecule has 0 N–H and O–H groups in total. The van der Waals surface area contributed by atoms with E-state index in [9.17, 15) is 0 Å². The van der Waals surface area contributed by atoms with Gasteiger partial charge in [0.25, 0.3) is 0 Å². The fraction of sp³-hybridized carbons (Fsp3) is 0. The fourth-order valence-electron chi connectivity index (χ4n) is 10.2. The Balaban J connectivity index is 1.21. The van der Waals surface area contributed by atoms with Crippen molar-refractivity contribution >= 4 is 97.9 Å². The van der Waals surface area contributed by atoms with Gasteiger partial charge in [-0.05, 0) is 68.7 Å². The van der Waals surface area contributed by atoms with Crippen molar-refractivity contribution in [2.24, 2.45) is 0 Å². The van der Waals surface area contributed by atoms with Crippen LogP contribution in [0.1, 0.15) is 0 Å². The quantitative estimate of drug-likeness (QED) is 0.178. The van der Waals surface area contributed by atoms with Crippen LogP contribution in [0.5, 0.6) is 0 Å².